The fourth-order valence-corrected chi connectivity index (χ4v) is 4.09. The highest BCUT2D eigenvalue weighted by molar-refractivity contribution is 9.10. The minimum absolute atomic E-state index is 0.122. The van der Waals surface area contributed by atoms with Crippen LogP contribution in [0.2, 0.25) is 0 Å². The van der Waals surface area contributed by atoms with Crippen molar-refractivity contribution in [2.45, 2.75) is 24.2 Å². The van der Waals surface area contributed by atoms with Gasteiger partial charge in [-0.3, -0.25) is 9.52 Å². The number of hydrogen-bond acceptors (Lipinski definition) is 3. The summed E-state index contributed by atoms with van der Waals surface area (Å²) in [6, 6.07) is 11.6. The van der Waals surface area contributed by atoms with Gasteiger partial charge < -0.3 is 5.32 Å². The Hall–Kier alpha value is -1.86. The van der Waals surface area contributed by atoms with Gasteiger partial charge in [-0.25, -0.2) is 8.42 Å². The van der Waals surface area contributed by atoms with Crippen LogP contribution in [0.1, 0.15) is 19.4 Å². The largest absolute Gasteiger partial charge is 0.325 e. The third kappa shape index (κ3) is 2.74. The van der Waals surface area contributed by atoms with Crippen molar-refractivity contribution in [2.75, 3.05) is 10.0 Å². The SMILES string of the molecule is CC1(C)C(=O)Nc2ccc(S(=O)(=O)Nc3ccccc3Br)cc21. The number of hydrogen-bond donors (Lipinski definition) is 2. The number of carbonyl (C=O) groups excluding carboxylic acids is 1. The maximum absolute atomic E-state index is 12.6. The Bertz CT molecular complexity index is 907. The number of sulfonamides is 1. The van der Waals surface area contributed by atoms with Crippen molar-refractivity contribution < 1.29 is 13.2 Å². The Morgan fingerprint density at radius 1 is 1.13 bits per heavy atom. The van der Waals surface area contributed by atoms with Gasteiger partial charge in [0.2, 0.25) is 5.91 Å². The van der Waals surface area contributed by atoms with Crippen molar-refractivity contribution in [1.29, 1.82) is 0 Å². The number of anilines is 2. The molecule has 0 fully saturated rings. The fourth-order valence-electron chi connectivity index (χ4n) is 2.47. The molecular formula is C16H15BrN2O3S. The molecule has 1 amide bonds. The van der Waals surface area contributed by atoms with E-state index in [0.29, 0.717) is 21.4 Å². The van der Waals surface area contributed by atoms with Gasteiger partial charge in [0.1, 0.15) is 0 Å². The first-order chi connectivity index (χ1) is 10.7. The molecule has 7 heteroatoms. The lowest BCUT2D eigenvalue weighted by molar-refractivity contribution is -0.119. The van der Waals surface area contributed by atoms with E-state index in [1.165, 1.54) is 6.07 Å². The van der Waals surface area contributed by atoms with Gasteiger partial charge in [0.25, 0.3) is 10.0 Å². The third-order valence-corrected chi connectivity index (χ3v) is 5.96. The number of fused-ring (bicyclic) bond motifs is 1. The average molecular weight is 395 g/mol. The molecule has 0 bridgehead atoms. The van der Waals surface area contributed by atoms with E-state index >= 15 is 0 Å². The van der Waals surface area contributed by atoms with Gasteiger partial charge in [-0.15, -0.1) is 0 Å². The maximum atomic E-state index is 12.6. The summed E-state index contributed by atoms with van der Waals surface area (Å²) in [7, 11) is -3.74. The fraction of sp³-hybridized carbons (Fsp3) is 0.188. The molecule has 120 valence electrons. The highest BCUT2D eigenvalue weighted by Gasteiger charge is 2.39. The molecule has 5 nitrogen and oxygen atoms in total. The molecule has 0 saturated heterocycles. The molecule has 3 rings (SSSR count). The topological polar surface area (TPSA) is 75.3 Å². The van der Waals surface area contributed by atoms with Crippen LogP contribution >= 0.6 is 15.9 Å². The molecule has 0 radical (unpaired) electrons. The zero-order chi connectivity index (χ0) is 16.8. The lowest BCUT2D eigenvalue weighted by Gasteiger charge is -2.16. The van der Waals surface area contributed by atoms with Gasteiger partial charge in [0.05, 0.1) is 16.0 Å². The quantitative estimate of drug-likeness (QED) is 0.836. The first-order valence-electron chi connectivity index (χ1n) is 6.95. The molecule has 1 aliphatic heterocycles. The Labute approximate surface area is 143 Å². The number of amides is 1. The normalized spacial score (nSPS) is 15.9. The minimum Gasteiger partial charge on any atom is -0.325 e. The molecule has 1 aliphatic rings. The van der Waals surface area contributed by atoms with Crippen molar-refractivity contribution in [3.8, 4) is 0 Å². The van der Waals surface area contributed by atoms with E-state index in [9.17, 15) is 13.2 Å². The van der Waals surface area contributed by atoms with Gasteiger partial charge >= 0.3 is 0 Å². The summed E-state index contributed by atoms with van der Waals surface area (Å²) in [6.45, 7) is 3.54. The number of nitrogens with one attached hydrogen (secondary N) is 2. The molecule has 0 atom stereocenters. The summed E-state index contributed by atoms with van der Waals surface area (Å²) in [6.07, 6.45) is 0. The van der Waals surface area contributed by atoms with Crippen molar-refractivity contribution >= 4 is 43.2 Å². The van der Waals surface area contributed by atoms with Crippen molar-refractivity contribution in [1.82, 2.24) is 0 Å². The summed E-state index contributed by atoms with van der Waals surface area (Å²) in [5.74, 6) is -0.138. The number of para-hydroxylation sites is 1. The standard InChI is InChI=1S/C16H15BrN2O3S/c1-16(2)11-9-10(7-8-13(11)18-15(16)20)23(21,22)19-14-6-4-3-5-12(14)17/h3-9,19H,1-2H3,(H,18,20). The smallest absolute Gasteiger partial charge is 0.261 e. The van der Waals surface area contributed by atoms with E-state index in [1.54, 1.807) is 50.2 Å². The Morgan fingerprint density at radius 2 is 1.83 bits per heavy atom. The molecule has 0 unspecified atom stereocenters. The van der Waals surface area contributed by atoms with E-state index in [1.807, 2.05) is 0 Å². The van der Waals surface area contributed by atoms with Gasteiger partial charge in [-0.2, -0.15) is 0 Å². The van der Waals surface area contributed by atoms with Crippen LogP contribution in [0.25, 0.3) is 0 Å². The molecule has 23 heavy (non-hydrogen) atoms. The van der Waals surface area contributed by atoms with E-state index in [-0.39, 0.29) is 10.8 Å². The van der Waals surface area contributed by atoms with Gasteiger partial charge in [0, 0.05) is 10.2 Å². The second kappa shape index (κ2) is 5.35. The Morgan fingerprint density at radius 3 is 2.52 bits per heavy atom. The molecule has 0 aromatic heterocycles. The third-order valence-electron chi connectivity index (χ3n) is 3.91. The minimum atomic E-state index is -3.74. The summed E-state index contributed by atoms with van der Waals surface area (Å²) < 4.78 is 28.4. The lowest BCUT2D eigenvalue weighted by Crippen LogP contribution is -2.27. The average Bonchev–Trinajstić information content (AvgIpc) is 2.71. The molecule has 2 N–H and O–H groups in total. The van der Waals surface area contributed by atoms with Crippen LogP contribution in [-0.2, 0) is 20.2 Å². The predicted molar refractivity (Wildman–Crippen MR) is 93.0 cm³/mol. The number of benzene rings is 2. The highest BCUT2D eigenvalue weighted by Crippen LogP contribution is 2.38. The molecule has 2 aromatic carbocycles. The van der Waals surface area contributed by atoms with Crippen LogP contribution < -0.4 is 10.0 Å². The lowest BCUT2D eigenvalue weighted by atomic mass is 9.86. The maximum Gasteiger partial charge on any atom is 0.261 e. The molecule has 2 aromatic rings. The molecule has 1 heterocycles. The van der Waals surface area contributed by atoms with Crippen LogP contribution in [0.15, 0.2) is 51.8 Å². The number of rotatable bonds is 3. The zero-order valence-electron chi connectivity index (χ0n) is 12.6. The van der Waals surface area contributed by atoms with Crippen molar-refractivity contribution in [2.24, 2.45) is 0 Å². The van der Waals surface area contributed by atoms with Crippen LogP contribution in [0.3, 0.4) is 0 Å². The highest BCUT2D eigenvalue weighted by atomic mass is 79.9. The van der Waals surface area contributed by atoms with Gasteiger partial charge in [-0.1, -0.05) is 12.1 Å². The zero-order valence-corrected chi connectivity index (χ0v) is 15.0. The van der Waals surface area contributed by atoms with Crippen molar-refractivity contribution in [3.05, 3.63) is 52.5 Å². The van der Waals surface area contributed by atoms with E-state index < -0.39 is 15.4 Å². The van der Waals surface area contributed by atoms with Crippen LogP contribution in [0, 0.1) is 0 Å². The molecular weight excluding hydrogens is 380 g/mol. The van der Waals surface area contributed by atoms with Crippen LogP contribution in [-0.4, -0.2) is 14.3 Å². The molecule has 0 spiro atoms. The summed E-state index contributed by atoms with van der Waals surface area (Å²) in [5.41, 5.74) is 1.03. The predicted octanol–water partition coefficient (Wildman–Crippen LogP) is 3.48. The van der Waals surface area contributed by atoms with Gasteiger partial charge in [0.15, 0.2) is 0 Å². The summed E-state index contributed by atoms with van der Waals surface area (Å²) in [5, 5.41) is 2.76. The first-order valence-corrected chi connectivity index (χ1v) is 9.23. The Balaban J connectivity index is 2.01. The van der Waals surface area contributed by atoms with E-state index in [0.717, 1.165) is 0 Å². The second-order valence-corrected chi connectivity index (χ2v) is 8.41. The Kier molecular flexibility index (Phi) is 3.72. The van der Waals surface area contributed by atoms with Crippen LogP contribution in [0.5, 0.6) is 0 Å². The summed E-state index contributed by atoms with van der Waals surface area (Å²) >= 11 is 3.32. The van der Waals surface area contributed by atoms with E-state index in [2.05, 4.69) is 26.0 Å². The number of carbonyl (C=O) groups is 1. The summed E-state index contributed by atoms with van der Waals surface area (Å²) in [4.78, 5) is 12.1. The van der Waals surface area contributed by atoms with E-state index in [4.69, 9.17) is 0 Å². The first kappa shape index (κ1) is 16.0. The van der Waals surface area contributed by atoms with Crippen LogP contribution in [0.4, 0.5) is 11.4 Å². The number of halogens is 1. The molecule has 0 saturated carbocycles. The van der Waals surface area contributed by atoms with Gasteiger partial charge in [-0.05, 0) is 65.7 Å². The monoisotopic (exact) mass is 394 g/mol. The molecule has 0 aliphatic carbocycles. The van der Waals surface area contributed by atoms with Crippen molar-refractivity contribution in [3.63, 3.8) is 0 Å². The second-order valence-electron chi connectivity index (χ2n) is 5.87.